The van der Waals surface area contributed by atoms with Crippen molar-refractivity contribution in [2.75, 3.05) is 13.1 Å². The molecule has 0 unspecified atom stereocenters. The second-order valence-electron chi connectivity index (χ2n) is 7.34. The first-order valence-corrected chi connectivity index (χ1v) is 9.58. The zero-order valence-corrected chi connectivity index (χ0v) is 15.6. The number of rotatable bonds is 6. The molecular formula is C20H23N6O2+. The molecule has 28 heavy (non-hydrogen) atoms. The Balaban J connectivity index is 1.38. The van der Waals surface area contributed by atoms with E-state index in [2.05, 4.69) is 45.9 Å². The van der Waals surface area contributed by atoms with Crippen LogP contribution in [0.25, 0.3) is 5.69 Å². The summed E-state index contributed by atoms with van der Waals surface area (Å²) in [5.74, 6) is 1.45. The molecule has 3 aromatic rings. The monoisotopic (exact) mass is 379 g/mol. The highest BCUT2D eigenvalue weighted by molar-refractivity contribution is 5.42. The predicted molar refractivity (Wildman–Crippen MR) is 103 cm³/mol. The van der Waals surface area contributed by atoms with Crippen molar-refractivity contribution in [2.45, 2.75) is 25.8 Å². The zero-order valence-electron chi connectivity index (χ0n) is 15.6. The van der Waals surface area contributed by atoms with Crippen LogP contribution in [0.15, 0.2) is 54.6 Å². The molecule has 144 valence electrons. The molecule has 2 heterocycles. The molecular weight excluding hydrogens is 356 g/mol. The van der Waals surface area contributed by atoms with Gasteiger partial charge in [-0.25, -0.2) is 0 Å². The van der Waals surface area contributed by atoms with Gasteiger partial charge in [0.2, 0.25) is 5.82 Å². The van der Waals surface area contributed by atoms with Crippen LogP contribution in [-0.2, 0) is 13.0 Å². The summed E-state index contributed by atoms with van der Waals surface area (Å²) in [4.78, 5) is 12.1. The van der Waals surface area contributed by atoms with Gasteiger partial charge in [-0.3, -0.25) is 10.1 Å². The van der Waals surface area contributed by atoms with Gasteiger partial charge in [0, 0.05) is 12.1 Å². The minimum absolute atomic E-state index is 0.0352. The minimum atomic E-state index is -0.406. The molecule has 2 aromatic carbocycles. The molecule has 1 saturated heterocycles. The number of likely N-dealkylation sites (tertiary alicyclic amines) is 1. The van der Waals surface area contributed by atoms with Crippen LogP contribution >= 0.6 is 0 Å². The molecule has 0 bridgehead atoms. The van der Waals surface area contributed by atoms with E-state index in [0.29, 0.717) is 12.2 Å². The largest absolute Gasteiger partial charge is 0.328 e. The number of benzene rings is 2. The van der Waals surface area contributed by atoms with E-state index in [1.807, 2.05) is 0 Å². The van der Waals surface area contributed by atoms with E-state index in [1.54, 1.807) is 16.8 Å². The third-order valence-electron chi connectivity index (χ3n) is 5.41. The Bertz CT molecular complexity index is 935. The number of aromatic nitrogens is 4. The molecule has 0 amide bonds. The third kappa shape index (κ3) is 4.23. The maximum absolute atomic E-state index is 11.0. The molecule has 8 heteroatoms. The minimum Gasteiger partial charge on any atom is -0.328 e. The van der Waals surface area contributed by atoms with Crippen molar-refractivity contribution < 1.29 is 9.82 Å². The van der Waals surface area contributed by atoms with Gasteiger partial charge in [0.1, 0.15) is 6.54 Å². The van der Waals surface area contributed by atoms with E-state index in [1.165, 1.54) is 35.4 Å². The van der Waals surface area contributed by atoms with Gasteiger partial charge in [0.05, 0.1) is 23.7 Å². The van der Waals surface area contributed by atoms with Crippen LogP contribution in [0.3, 0.4) is 0 Å². The van der Waals surface area contributed by atoms with E-state index in [9.17, 15) is 10.1 Å². The highest BCUT2D eigenvalue weighted by atomic mass is 16.6. The van der Waals surface area contributed by atoms with Crippen molar-refractivity contribution in [2.24, 2.45) is 5.92 Å². The molecule has 1 fully saturated rings. The lowest BCUT2D eigenvalue weighted by molar-refractivity contribution is -0.920. The standard InChI is InChI=1S/C20H22N6O2/c27-26(28)19-8-4-7-18(14-19)25-20(21-22-23-25)15-24-11-9-17(10-12-24)13-16-5-2-1-3-6-16/h1-8,14,17H,9-13,15H2/p+1. The maximum atomic E-state index is 11.0. The van der Waals surface area contributed by atoms with Crippen LogP contribution in [-0.4, -0.2) is 38.2 Å². The third-order valence-corrected chi connectivity index (χ3v) is 5.41. The number of nitrogens with one attached hydrogen (secondary N) is 1. The Kier molecular flexibility index (Phi) is 5.38. The summed E-state index contributed by atoms with van der Waals surface area (Å²) < 4.78 is 1.61. The summed E-state index contributed by atoms with van der Waals surface area (Å²) in [6.07, 6.45) is 3.50. The second-order valence-corrected chi connectivity index (χ2v) is 7.34. The maximum Gasteiger partial charge on any atom is 0.271 e. The first-order valence-electron chi connectivity index (χ1n) is 9.58. The lowest BCUT2D eigenvalue weighted by atomic mass is 9.90. The Hall–Kier alpha value is -3.13. The van der Waals surface area contributed by atoms with Crippen LogP contribution in [0.5, 0.6) is 0 Å². The number of non-ortho nitro benzene ring substituents is 1. The number of nitro groups is 1. The Morgan fingerprint density at radius 3 is 2.64 bits per heavy atom. The van der Waals surface area contributed by atoms with E-state index in [0.717, 1.165) is 31.3 Å². The Morgan fingerprint density at radius 2 is 1.89 bits per heavy atom. The van der Waals surface area contributed by atoms with Crippen LogP contribution in [0.4, 0.5) is 5.69 Å². The number of nitrogens with zero attached hydrogens (tertiary/aromatic N) is 5. The van der Waals surface area contributed by atoms with Crippen LogP contribution in [0.2, 0.25) is 0 Å². The lowest BCUT2D eigenvalue weighted by Crippen LogP contribution is -3.11. The van der Waals surface area contributed by atoms with Crippen molar-refractivity contribution >= 4 is 5.69 Å². The molecule has 1 aromatic heterocycles. The van der Waals surface area contributed by atoms with Crippen molar-refractivity contribution in [3.05, 3.63) is 76.1 Å². The SMILES string of the molecule is O=[N+]([O-])c1cccc(-n2nnnc2C[NH+]2CCC(Cc3ccccc3)CC2)c1. The molecule has 0 saturated carbocycles. The number of tetrazole rings is 1. The van der Waals surface area contributed by atoms with Crippen LogP contribution in [0.1, 0.15) is 24.2 Å². The quantitative estimate of drug-likeness (QED) is 0.519. The number of hydrogen-bond donors (Lipinski definition) is 1. The zero-order chi connectivity index (χ0) is 19.3. The first-order chi connectivity index (χ1) is 13.7. The predicted octanol–water partition coefficient (Wildman–Crippen LogP) is 1.61. The topological polar surface area (TPSA) is 91.2 Å². The van der Waals surface area contributed by atoms with E-state index < -0.39 is 4.92 Å². The average Bonchev–Trinajstić information content (AvgIpc) is 3.18. The van der Waals surface area contributed by atoms with Gasteiger partial charge < -0.3 is 4.90 Å². The van der Waals surface area contributed by atoms with E-state index in [4.69, 9.17) is 0 Å². The summed E-state index contributed by atoms with van der Waals surface area (Å²) in [6.45, 7) is 2.88. The van der Waals surface area contributed by atoms with Crippen molar-refractivity contribution in [3.8, 4) is 5.69 Å². The smallest absolute Gasteiger partial charge is 0.271 e. The fourth-order valence-electron chi connectivity index (χ4n) is 3.89. The van der Waals surface area contributed by atoms with Crippen molar-refractivity contribution in [3.63, 3.8) is 0 Å². The second kappa shape index (κ2) is 8.26. The molecule has 4 rings (SSSR count). The van der Waals surface area contributed by atoms with Crippen molar-refractivity contribution in [1.29, 1.82) is 0 Å². The fourth-order valence-corrected chi connectivity index (χ4v) is 3.89. The van der Waals surface area contributed by atoms with E-state index in [-0.39, 0.29) is 5.69 Å². The Labute approximate surface area is 162 Å². The molecule has 0 spiro atoms. The summed E-state index contributed by atoms with van der Waals surface area (Å²) in [6, 6.07) is 17.1. The number of quaternary nitrogens is 1. The average molecular weight is 379 g/mol. The van der Waals surface area contributed by atoms with Gasteiger partial charge in [0.25, 0.3) is 5.69 Å². The van der Waals surface area contributed by atoms with Crippen LogP contribution in [0, 0.1) is 16.0 Å². The number of hydrogen-bond acceptors (Lipinski definition) is 5. The fraction of sp³-hybridized carbons (Fsp3) is 0.350. The molecule has 0 atom stereocenters. The van der Waals surface area contributed by atoms with Gasteiger partial charge in [-0.1, -0.05) is 36.4 Å². The molecule has 1 aliphatic heterocycles. The van der Waals surface area contributed by atoms with Gasteiger partial charge in [0.15, 0.2) is 0 Å². The molecule has 0 radical (unpaired) electrons. The lowest BCUT2D eigenvalue weighted by Gasteiger charge is -2.29. The molecule has 1 N–H and O–H groups in total. The van der Waals surface area contributed by atoms with Gasteiger partial charge in [-0.15, -0.1) is 5.10 Å². The molecule has 0 aliphatic carbocycles. The Morgan fingerprint density at radius 1 is 1.11 bits per heavy atom. The van der Waals surface area contributed by atoms with Gasteiger partial charge in [-0.05, 0) is 47.2 Å². The number of piperidine rings is 1. The highest BCUT2D eigenvalue weighted by Gasteiger charge is 2.24. The normalized spacial score (nSPS) is 19.4. The van der Waals surface area contributed by atoms with Gasteiger partial charge in [-0.2, -0.15) is 4.68 Å². The summed E-state index contributed by atoms with van der Waals surface area (Å²) in [7, 11) is 0. The van der Waals surface area contributed by atoms with E-state index >= 15 is 0 Å². The first kappa shape index (κ1) is 18.2. The summed E-state index contributed by atoms with van der Waals surface area (Å²) >= 11 is 0. The van der Waals surface area contributed by atoms with Crippen LogP contribution < -0.4 is 4.90 Å². The van der Waals surface area contributed by atoms with Gasteiger partial charge >= 0.3 is 0 Å². The summed E-state index contributed by atoms with van der Waals surface area (Å²) in [5, 5.41) is 23.0. The summed E-state index contributed by atoms with van der Waals surface area (Å²) in [5.41, 5.74) is 2.06. The molecule has 1 aliphatic rings. The van der Waals surface area contributed by atoms with Crippen molar-refractivity contribution in [1.82, 2.24) is 20.2 Å². The number of nitro benzene ring substituents is 1. The highest BCUT2D eigenvalue weighted by Crippen LogP contribution is 2.18. The molecule has 8 nitrogen and oxygen atoms in total.